The van der Waals surface area contributed by atoms with E-state index in [0.717, 1.165) is 31.1 Å². The Labute approximate surface area is 128 Å². The average molecular weight is 284 g/mol. The highest BCUT2D eigenvalue weighted by Gasteiger charge is 2.53. The van der Waals surface area contributed by atoms with E-state index in [4.69, 9.17) is 0 Å². The number of allylic oxidation sites excluding steroid dienone is 4. The van der Waals surface area contributed by atoms with Gasteiger partial charge in [0.15, 0.2) is 0 Å². The van der Waals surface area contributed by atoms with E-state index in [0.29, 0.717) is 16.6 Å². The number of hydrogen-bond donors (Lipinski definition) is 0. The maximum absolute atomic E-state index is 11.8. The Hall–Kier alpha value is -0.850. The largest absolute Gasteiger partial charge is 0.299 e. The molecule has 114 valence electrons. The van der Waals surface area contributed by atoms with Gasteiger partial charge >= 0.3 is 0 Å². The molecule has 4 aliphatic carbocycles. The Morgan fingerprint density at radius 2 is 2.00 bits per heavy atom. The molecule has 0 bridgehead atoms. The van der Waals surface area contributed by atoms with Crippen molar-refractivity contribution in [1.29, 1.82) is 0 Å². The van der Waals surface area contributed by atoms with Gasteiger partial charge in [0.05, 0.1) is 0 Å². The number of ketones is 1. The van der Waals surface area contributed by atoms with E-state index < -0.39 is 0 Å². The van der Waals surface area contributed by atoms with E-state index in [1.807, 2.05) is 0 Å². The van der Waals surface area contributed by atoms with Gasteiger partial charge in [0.25, 0.3) is 0 Å². The Bertz CT molecular complexity index is 540. The van der Waals surface area contributed by atoms with Crippen molar-refractivity contribution in [3.63, 3.8) is 0 Å². The minimum Gasteiger partial charge on any atom is -0.299 e. The van der Waals surface area contributed by atoms with E-state index in [-0.39, 0.29) is 0 Å². The molecule has 4 atom stereocenters. The third kappa shape index (κ3) is 1.79. The summed E-state index contributed by atoms with van der Waals surface area (Å²) >= 11 is 0. The van der Waals surface area contributed by atoms with Gasteiger partial charge in [-0.1, -0.05) is 43.6 Å². The second kappa shape index (κ2) is 4.57. The van der Waals surface area contributed by atoms with E-state index >= 15 is 0 Å². The van der Waals surface area contributed by atoms with Crippen molar-refractivity contribution >= 4 is 5.78 Å². The number of Topliss-reactive ketones (excluding diaryl/α,β-unsaturated/α-hetero) is 1. The molecule has 1 nitrogen and oxygen atoms in total. The lowest BCUT2D eigenvalue weighted by atomic mass is 9.51. The van der Waals surface area contributed by atoms with Crippen molar-refractivity contribution in [3.05, 3.63) is 23.3 Å². The Balaban J connectivity index is 1.75. The first kappa shape index (κ1) is 13.8. The number of fused-ring (bicyclic) bond motifs is 5. The fourth-order valence-electron chi connectivity index (χ4n) is 6.22. The molecule has 0 aromatic heterocycles. The monoisotopic (exact) mass is 284 g/mol. The number of rotatable bonds is 1. The topological polar surface area (TPSA) is 17.1 Å². The summed E-state index contributed by atoms with van der Waals surface area (Å²) in [4.78, 5) is 11.8. The van der Waals surface area contributed by atoms with Crippen LogP contribution < -0.4 is 0 Å². The van der Waals surface area contributed by atoms with Gasteiger partial charge in [-0.25, -0.2) is 0 Å². The molecular formula is C20H28O. The lowest BCUT2D eigenvalue weighted by Crippen LogP contribution is -2.44. The Kier molecular flexibility index (Phi) is 3.00. The predicted molar refractivity (Wildman–Crippen MR) is 85.9 cm³/mol. The summed E-state index contributed by atoms with van der Waals surface area (Å²) in [7, 11) is 0. The van der Waals surface area contributed by atoms with Gasteiger partial charge in [0.2, 0.25) is 0 Å². The molecule has 0 N–H and O–H groups in total. The Morgan fingerprint density at radius 1 is 1.14 bits per heavy atom. The average Bonchev–Trinajstić information content (AvgIpc) is 2.92. The summed E-state index contributed by atoms with van der Waals surface area (Å²) in [6.07, 6.45) is 15.8. The third-order valence-corrected chi connectivity index (χ3v) is 7.64. The van der Waals surface area contributed by atoms with Crippen LogP contribution in [-0.2, 0) is 4.79 Å². The highest BCUT2D eigenvalue weighted by atomic mass is 16.1. The fraction of sp³-hybridized carbons (Fsp3) is 0.750. The van der Waals surface area contributed by atoms with Crippen LogP contribution in [0.3, 0.4) is 0 Å². The fourth-order valence-corrected chi connectivity index (χ4v) is 6.22. The standard InChI is InChI=1S/C20H28O/c1-3-20-10-4-5-18(20)16-7-6-14-13-15(21)8-11-19(14,2)17(16)9-12-20/h6-7,17-18H,3-5,8-13H2,1-2H3/t17-,18-,19-,20-/m0/s1. The molecule has 0 unspecified atom stereocenters. The van der Waals surface area contributed by atoms with Crippen molar-refractivity contribution in [2.24, 2.45) is 22.7 Å². The summed E-state index contributed by atoms with van der Waals surface area (Å²) in [5.74, 6) is 2.03. The quantitative estimate of drug-likeness (QED) is 0.645. The van der Waals surface area contributed by atoms with Gasteiger partial charge in [-0.15, -0.1) is 0 Å². The molecule has 0 spiro atoms. The van der Waals surface area contributed by atoms with Crippen molar-refractivity contribution < 1.29 is 4.79 Å². The van der Waals surface area contributed by atoms with Crippen molar-refractivity contribution in [1.82, 2.24) is 0 Å². The first-order valence-corrected chi connectivity index (χ1v) is 9.02. The van der Waals surface area contributed by atoms with Gasteiger partial charge in [0.1, 0.15) is 5.78 Å². The van der Waals surface area contributed by atoms with Crippen LogP contribution in [0.2, 0.25) is 0 Å². The minimum atomic E-state index is 0.292. The van der Waals surface area contributed by atoms with E-state index in [9.17, 15) is 4.79 Å². The molecule has 3 saturated carbocycles. The lowest BCUT2D eigenvalue weighted by molar-refractivity contribution is -0.120. The summed E-state index contributed by atoms with van der Waals surface area (Å²) < 4.78 is 0. The molecule has 4 rings (SSSR count). The first-order chi connectivity index (χ1) is 10.1. The van der Waals surface area contributed by atoms with Crippen LogP contribution >= 0.6 is 0 Å². The first-order valence-electron chi connectivity index (χ1n) is 9.02. The van der Waals surface area contributed by atoms with Crippen LogP contribution in [0.15, 0.2) is 23.3 Å². The molecule has 0 radical (unpaired) electrons. The molecule has 0 amide bonds. The van der Waals surface area contributed by atoms with Crippen LogP contribution in [0.4, 0.5) is 0 Å². The highest BCUT2D eigenvalue weighted by Crippen LogP contribution is 2.64. The van der Waals surface area contributed by atoms with Gasteiger partial charge in [0, 0.05) is 12.8 Å². The number of carbonyl (C=O) groups excluding carboxylic acids is 1. The van der Waals surface area contributed by atoms with Crippen LogP contribution in [0.5, 0.6) is 0 Å². The van der Waals surface area contributed by atoms with Crippen LogP contribution in [0.25, 0.3) is 0 Å². The van der Waals surface area contributed by atoms with Crippen LogP contribution in [-0.4, -0.2) is 5.78 Å². The van der Waals surface area contributed by atoms with E-state index in [2.05, 4.69) is 26.0 Å². The molecule has 4 aliphatic rings. The predicted octanol–water partition coefficient (Wildman–Crippen LogP) is 5.22. The number of hydrogen-bond acceptors (Lipinski definition) is 1. The lowest BCUT2D eigenvalue weighted by Gasteiger charge is -2.53. The van der Waals surface area contributed by atoms with Crippen molar-refractivity contribution in [3.8, 4) is 0 Å². The van der Waals surface area contributed by atoms with Gasteiger partial charge < -0.3 is 0 Å². The molecule has 0 aromatic rings. The van der Waals surface area contributed by atoms with Crippen molar-refractivity contribution in [2.75, 3.05) is 0 Å². The molecular weight excluding hydrogens is 256 g/mol. The molecule has 1 heteroatoms. The molecule has 0 saturated heterocycles. The molecule has 0 heterocycles. The van der Waals surface area contributed by atoms with Crippen molar-refractivity contribution in [2.45, 2.75) is 71.6 Å². The summed E-state index contributed by atoms with van der Waals surface area (Å²) in [5, 5.41) is 0. The highest BCUT2D eigenvalue weighted by molar-refractivity contribution is 5.83. The van der Waals surface area contributed by atoms with Gasteiger partial charge in [-0.2, -0.15) is 0 Å². The second-order valence-electron chi connectivity index (χ2n) is 8.24. The van der Waals surface area contributed by atoms with Gasteiger partial charge in [-0.3, -0.25) is 4.79 Å². The zero-order chi connectivity index (χ0) is 14.7. The van der Waals surface area contributed by atoms with Crippen LogP contribution in [0.1, 0.15) is 71.6 Å². The summed E-state index contributed by atoms with van der Waals surface area (Å²) in [6, 6.07) is 0. The maximum atomic E-state index is 11.8. The number of carbonyl (C=O) groups is 1. The second-order valence-corrected chi connectivity index (χ2v) is 8.24. The van der Waals surface area contributed by atoms with E-state index in [1.165, 1.54) is 44.1 Å². The normalized spacial score (nSPS) is 45.3. The zero-order valence-corrected chi connectivity index (χ0v) is 13.6. The smallest absolute Gasteiger partial charge is 0.136 e. The molecule has 0 aromatic carbocycles. The zero-order valence-electron chi connectivity index (χ0n) is 13.6. The maximum Gasteiger partial charge on any atom is 0.136 e. The summed E-state index contributed by atoms with van der Waals surface area (Å²) in [5.41, 5.74) is 4.12. The SMILES string of the molecule is CC[C@@]12CCC[C@H]1C1=CC=C3CC(=O)CC[C@]3(C)[C@H]1CC2. The molecule has 0 aliphatic heterocycles. The molecule has 3 fully saturated rings. The van der Waals surface area contributed by atoms with Gasteiger partial charge in [-0.05, 0) is 61.2 Å². The summed E-state index contributed by atoms with van der Waals surface area (Å²) in [6.45, 7) is 4.86. The minimum absolute atomic E-state index is 0.292. The molecule has 21 heavy (non-hydrogen) atoms. The van der Waals surface area contributed by atoms with Crippen LogP contribution in [0, 0.1) is 22.7 Å². The van der Waals surface area contributed by atoms with E-state index in [1.54, 1.807) is 5.57 Å². The Morgan fingerprint density at radius 3 is 2.81 bits per heavy atom. The third-order valence-electron chi connectivity index (χ3n) is 7.64.